The van der Waals surface area contributed by atoms with Crippen molar-refractivity contribution in [1.82, 2.24) is 20.4 Å². The lowest BCUT2D eigenvalue weighted by molar-refractivity contribution is 0.0937. The first-order chi connectivity index (χ1) is 12.7. The zero-order valence-electron chi connectivity index (χ0n) is 13.7. The van der Waals surface area contributed by atoms with Crippen LogP contribution in [0.15, 0.2) is 28.1 Å². The number of hydrogen-bond donors (Lipinski definition) is 1. The molecule has 0 saturated heterocycles. The minimum Gasteiger partial charge on any atom is -0.454 e. The first-order valence-electron chi connectivity index (χ1n) is 7.71. The standard InChI is InChI=1S/C16H14N4O5S/c1-22-5-4-17-14(21)16-18-10(7-26-16)15-19-13(20-25-15)9-2-3-11-12(6-9)24-8-23-11/h2-3,6-7H,4-5,8H2,1H3,(H,17,21). The zero-order chi connectivity index (χ0) is 17.9. The van der Waals surface area contributed by atoms with Crippen molar-refractivity contribution in [3.8, 4) is 34.5 Å². The maximum atomic E-state index is 12.0. The van der Waals surface area contributed by atoms with Gasteiger partial charge < -0.3 is 24.1 Å². The minimum atomic E-state index is -0.270. The van der Waals surface area contributed by atoms with Crippen molar-refractivity contribution in [2.75, 3.05) is 27.1 Å². The van der Waals surface area contributed by atoms with Gasteiger partial charge in [0, 0.05) is 24.6 Å². The molecule has 0 fully saturated rings. The number of hydrogen-bond acceptors (Lipinski definition) is 9. The second-order valence-electron chi connectivity index (χ2n) is 5.28. The number of rotatable bonds is 6. The van der Waals surface area contributed by atoms with E-state index in [2.05, 4.69) is 20.4 Å². The van der Waals surface area contributed by atoms with Crippen molar-refractivity contribution >= 4 is 17.2 Å². The van der Waals surface area contributed by atoms with E-state index in [1.54, 1.807) is 24.6 Å². The van der Waals surface area contributed by atoms with Crippen LogP contribution in [0.3, 0.4) is 0 Å². The molecule has 1 amide bonds. The number of ether oxygens (including phenoxy) is 3. The molecule has 0 bridgehead atoms. The Kier molecular flexibility index (Phi) is 4.50. The Hall–Kier alpha value is -2.98. The average molecular weight is 374 g/mol. The third-order valence-corrected chi connectivity index (χ3v) is 4.41. The third-order valence-electron chi connectivity index (χ3n) is 3.57. The molecule has 0 atom stereocenters. The molecule has 3 heterocycles. The Balaban J connectivity index is 1.51. The van der Waals surface area contributed by atoms with Gasteiger partial charge in [0.05, 0.1) is 6.61 Å². The Labute approximate surface area is 151 Å². The van der Waals surface area contributed by atoms with Gasteiger partial charge in [-0.2, -0.15) is 4.98 Å². The Morgan fingerprint density at radius 2 is 2.19 bits per heavy atom. The molecule has 3 aromatic rings. The molecule has 10 heteroatoms. The van der Waals surface area contributed by atoms with E-state index in [1.165, 1.54) is 11.3 Å². The van der Waals surface area contributed by atoms with Crippen LogP contribution in [0.1, 0.15) is 9.80 Å². The summed E-state index contributed by atoms with van der Waals surface area (Å²) in [4.78, 5) is 20.6. The molecule has 134 valence electrons. The summed E-state index contributed by atoms with van der Waals surface area (Å²) in [5.41, 5.74) is 1.18. The van der Waals surface area contributed by atoms with Crippen LogP contribution in [0.4, 0.5) is 0 Å². The average Bonchev–Trinajstić information content (AvgIpc) is 3.39. The number of aromatic nitrogens is 3. The molecule has 4 rings (SSSR count). The maximum absolute atomic E-state index is 12.0. The molecular formula is C16H14N4O5S. The number of carbonyl (C=O) groups excluding carboxylic acids is 1. The van der Waals surface area contributed by atoms with Gasteiger partial charge in [-0.1, -0.05) is 5.16 Å². The van der Waals surface area contributed by atoms with Gasteiger partial charge in [-0.3, -0.25) is 4.79 Å². The van der Waals surface area contributed by atoms with E-state index in [9.17, 15) is 4.79 Å². The molecule has 0 aliphatic carbocycles. The van der Waals surface area contributed by atoms with Gasteiger partial charge in [0.15, 0.2) is 16.5 Å². The van der Waals surface area contributed by atoms with Crippen molar-refractivity contribution in [3.63, 3.8) is 0 Å². The zero-order valence-corrected chi connectivity index (χ0v) is 14.5. The number of nitrogens with zero attached hydrogens (tertiary/aromatic N) is 3. The molecule has 2 aromatic heterocycles. The van der Waals surface area contributed by atoms with Crippen LogP contribution in [0.5, 0.6) is 11.5 Å². The van der Waals surface area contributed by atoms with Gasteiger partial charge in [-0.25, -0.2) is 4.98 Å². The molecule has 1 aliphatic heterocycles. The minimum absolute atomic E-state index is 0.199. The summed E-state index contributed by atoms with van der Waals surface area (Å²) in [6, 6.07) is 5.39. The molecule has 0 radical (unpaired) electrons. The summed E-state index contributed by atoms with van der Waals surface area (Å²) in [5, 5.41) is 8.69. The lowest BCUT2D eigenvalue weighted by Crippen LogP contribution is -2.26. The summed E-state index contributed by atoms with van der Waals surface area (Å²) >= 11 is 1.20. The molecule has 1 aliphatic rings. The van der Waals surface area contributed by atoms with Crippen LogP contribution < -0.4 is 14.8 Å². The van der Waals surface area contributed by atoms with E-state index < -0.39 is 0 Å². The highest BCUT2D eigenvalue weighted by atomic mass is 32.1. The molecule has 0 unspecified atom stereocenters. The third kappa shape index (κ3) is 3.24. The fourth-order valence-corrected chi connectivity index (χ4v) is 3.01. The number of nitrogens with one attached hydrogen (secondary N) is 1. The van der Waals surface area contributed by atoms with E-state index in [-0.39, 0.29) is 18.6 Å². The molecule has 0 saturated carbocycles. The predicted octanol–water partition coefficient (Wildman–Crippen LogP) is 1.97. The smallest absolute Gasteiger partial charge is 0.280 e. The van der Waals surface area contributed by atoms with E-state index >= 15 is 0 Å². The van der Waals surface area contributed by atoms with Gasteiger partial charge in [-0.05, 0) is 18.2 Å². The van der Waals surface area contributed by atoms with Crippen LogP contribution in [0.25, 0.3) is 23.0 Å². The van der Waals surface area contributed by atoms with Gasteiger partial charge in [0.25, 0.3) is 11.8 Å². The van der Waals surface area contributed by atoms with Crippen LogP contribution in [-0.2, 0) is 4.74 Å². The van der Waals surface area contributed by atoms with E-state index in [0.717, 1.165) is 5.56 Å². The van der Waals surface area contributed by atoms with Crippen LogP contribution in [0, 0.1) is 0 Å². The summed E-state index contributed by atoms with van der Waals surface area (Å²) in [7, 11) is 1.57. The largest absolute Gasteiger partial charge is 0.454 e. The normalized spacial score (nSPS) is 12.3. The second kappa shape index (κ2) is 7.10. The number of amides is 1. The van der Waals surface area contributed by atoms with Crippen LogP contribution in [0.2, 0.25) is 0 Å². The summed E-state index contributed by atoms with van der Waals surface area (Å²) in [5.74, 6) is 1.69. The molecule has 1 aromatic carbocycles. The Bertz CT molecular complexity index is 938. The van der Waals surface area contributed by atoms with Crippen molar-refractivity contribution in [2.24, 2.45) is 0 Å². The SMILES string of the molecule is COCCNC(=O)c1nc(-c2nc(-c3ccc4c(c3)OCO4)no2)cs1. The summed E-state index contributed by atoms with van der Waals surface area (Å²) < 4.78 is 20.8. The van der Waals surface area contributed by atoms with Gasteiger partial charge in [0.2, 0.25) is 12.6 Å². The highest BCUT2D eigenvalue weighted by molar-refractivity contribution is 7.12. The topological polar surface area (TPSA) is 109 Å². The second-order valence-corrected chi connectivity index (χ2v) is 6.14. The fraction of sp³-hybridized carbons (Fsp3) is 0.250. The molecular weight excluding hydrogens is 360 g/mol. The van der Waals surface area contributed by atoms with Crippen LogP contribution in [-0.4, -0.2) is 48.1 Å². The highest BCUT2D eigenvalue weighted by Crippen LogP contribution is 2.35. The lowest BCUT2D eigenvalue weighted by Gasteiger charge is -2.00. The first kappa shape index (κ1) is 16.5. The van der Waals surface area contributed by atoms with Crippen LogP contribution >= 0.6 is 11.3 Å². The van der Waals surface area contributed by atoms with Gasteiger partial charge in [-0.15, -0.1) is 11.3 Å². The summed E-state index contributed by atoms with van der Waals surface area (Å²) in [6.45, 7) is 1.05. The van der Waals surface area contributed by atoms with Crippen molar-refractivity contribution in [3.05, 3.63) is 28.6 Å². The van der Waals surface area contributed by atoms with Crippen molar-refractivity contribution < 1.29 is 23.5 Å². The van der Waals surface area contributed by atoms with E-state index in [4.69, 9.17) is 18.7 Å². The number of methoxy groups -OCH3 is 1. The number of benzene rings is 1. The number of thiazole rings is 1. The molecule has 9 nitrogen and oxygen atoms in total. The highest BCUT2D eigenvalue weighted by Gasteiger charge is 2.19. The lowest BCUT2D eigenvalue weighted by atomic mass is 10.2. The molecule has 1 N–H and O–H groups in total. The van der Waals surface area contributed by atoms with Gasteiger partial charge in [0.1, 0.15) is 5.69 Å². The number of fused-ring (bicyclic) bond motifs is 1. The fourth-order valence-electron chi connectivity index (χ4n) is 2.30. The Morgan fingerprint density at radius 1 is 1.31 bits per heavy atom. The number of carbonyl (C=O) groups is 1. The molecule has 0 spiro atoms. The van der Waals surface area contributed by atoms with Gasteiger partial charge >= 0.3 is 0 Å². The Morgan fingerprint density at radius 3 is 3.08 bits per heavy atom. The predicted molar refractivity (Wildman–Crippen MR) is 91.2 cm³/mol. The summed E-state index contributed by atoms with van der Waals surface area (Å²) in [6.07, 6.45) is 0. The van der Waals surface area contributed by atoms with E-state index in [0.29, 0.717) is 41.2 Å². The van der Waals surface area contributed by atoms with E-state index in [1.807, 2.05) is 6.07 Å². The van der Waals surface area contributed by atoms with Crippen molar-refractivity contribution in [2.45, 2.75) is 0 Å². The molecule has 26 heavy (non-hydrogen) atoms. The maximum Gasteiger partial charge on any atom is 0.280 e. The first-order valence-corrected chi connectivity index (χ1v) is 8.59. The van der Waals surface area contributed by atoms with Crippen molar-refractivity contribution in [1.29, 1.82) is 0 Å². The monoisotopic (exact) mass is 374 g/mol. The quantitative estimate of drug-likeness (QED) is 0.652.